The number of rotatable bonds is 9. The molecule has 0 aromatic heterocycles. The van der Waals surface area contributed by atoms with Crippen molar-refractivity contribution in [3.63, 3.8) is 0 Å². The zero-order valence-electron chi connectivity index (χ0n) is 13.4. The fourth-order valence-corrected chi connectivity index (χ4v) is 3.14. The summed E-state index contributed by atoms with van der Waals surface area (Å²) in [4.78, 5) is 42.2. The first-order valence-corrected chi connectivity index (χ1v) is 8.58. The summed E-state index contributed by atoms with van der Waals surface area (Å²) in [6, 6.07) is 0. The van der Waals surface area contributed by atoms with E-state index in [1.165, 1.54) is 20.8 Å². The third-order valence-electron chi connectivity index (χ3n) is 2.74. The second-order valence-electron chi connectivity index (χ2n) is 4.47. The summed E-state index contributed by atoms with van der Waals surface area (Å²) >= 11 is 0. The number of alkyl halides is 3. The number of nitrogens with zero attached hydrogens (tertiary/aromatic N) is 1. The number of halogens is 3. The number of hydrogen-bond acceptors (Lipinski definition) is 6. The van der Waals surface area contributed by atoms with Gasteiger partial charge in [-0.25, -0.2) is 0 Å². The molecule has 0 unspecified atom stereocenters. The monoisotopic (exact) mass is 379 g/mol. The van der Waals surface area contributed by atoms with Crippen LogP contribution in [0.25, 0.3) is 0 Å². The Labute approximate surface area is 136 Å². The number of hydrogen-bond donors (Lipinski definition) is 4. The molecule has 9 nitrogen and oxygen atoms in total. The Balaban J connectivity index is 6.20. The summed E-state index contributed by atoms with van der Waals surface area (Å²) in [7, 11) is -5.42. The van der Waals surface area contributed by atoms with Crippen LogP contribution < -0.4 is 10.6 Å². The van der Waals surface area contributed by atoms with Crippen molar-refractivity contribution in [3.8, 4) is 0 Å². The highest BCUT2D eigenvalue weighted by Crippen LogP contribution is 2.49. The largest absolute Gasteiger partial charge is 0.471 e. The Morgan fingerprint density at radius 3 is 1.88 bits per heavy atom. The van der Waals surface area contributed by atoms with Gasteiger partial charge in [0.25, 0.3) is 5.53 Å². The number of nitrogens with one attached hydrogen (secondary N) is 2. The van der Waals surface area contributed by atoms with E-state index in [0.717, 1.165) is 0 Å². The average molecular weight is 379 g/mol. The smallest absolute Gasteiger partial charge is 0.465 e. The van der Waals surface area contributed by atoms with Crippen LogP contribution in [0.1, 0.15) is 20.8 Å². The van der Waals surface area contributed by atoms with Crippen LogP contribution in [-0.2, 0) is 18.9 Å². The topological polar surface area (TPSA) is 128 Å². The Morgan fingerprint density at radius 1 is 1.12 bits per heavy atom. The molecule has 0 radical (unpaired) electrons. The van der Waals surface area contributed by atoms with Gasteiger partial charge >= 0.3 is 25.6 Å². The summed E-state index contributed by atoms with van der Waals surface area (Å²) < 4.78 is 55.0. The van der Waals surface area contributed by atoms with Crippen molar-refractivity contribution >= 4 is 19.5 Å². The number of ether oxygens (including phenoxy) is 1. The van der Waals surface area contributed by atoms with E-state index in [0.29, 0.717) is 0 Å². The van der Waals surface area contributed by atoms with Gasteiger partial charge in [-0.2, -0.15) is 13.2 Å². The molecule has 0 fully saturated rings. The van der Waals surface area contributed by atoms with Crippen LogP contribution in [0.15, 0.2) is 0 Å². The zero-order valence-corrected chi connectivity index (χ0v) is 14.3. The van der Waals surface area contributed by atoms with Gasteiger partial charge in [-0.3, -0.25) is 29.7 Å². The van der Waals surface area contributed by atoms with Crippen LogP contribution in [0.2, 0.25) is 0 Å². The van der Waals surface area contributed by atoms with Crippen molar-refractivity contribution in [2.75, 3.05) is 26.2 Å². The van der Waals surface area contributed by atoms with Crippen LogP contribution >= 0.6 is 7.60 Å². The number of carbonyl (C=O) groups is 2. The molecular formula is C11H21F3N3O6P. The molecule has 0 aliphatic rings. The van der Waals surface area contributed by atoms with E-state index in [4.69, 9.17) is 0 Å². The highest BCUT2D eigenvalue weighted by atomic mass is 31.2. The molecule has 0 saturated heterocycles. The maximum absolute atomic E-state index is 12.9. The minimum atomic E-state index is -5.46. The third kappa shape index (κ3) is 5.42. The minimum Gasteiger partial charge on any atom is -0.465 e. The molecular weight excluding hydrogens is 358 g/mol. The van der Waals surface area contributed by atoms with E-state index >= 15 is 0 Å². The Hall–Kier alpha value is -1.20. The average Bonchev–Trinajstić information content (AvgIpc) is 2.41. The van der Waals surface area contributed by atoms with Gasteiger partial charge in [0.1, 0.15) is 6.54 Å². The molecule has 0 aromatic carbocycles. The van der Waals surface area contributed by atoms with Crippen molar-refractivity contribution in [1.29, 1.82) is 0 Å². The maximum Gasteiger partial charge on any atom is 0.471 e. The van der Waals surface area contributed by atoms with Crippen molar-refractivity contribution in [1.82, 2.24) is 15.5 Å². The first kappa shape index (κ1) is 22.8. The zero-order chi connectivity index (χ0) is 19.2. The van der Waals surface area contributed by atoms with Gasteiger partial charge < -0.3 is 14.5 Å². The third-order valence-corrected chi connectivity index (χ3v) is 4.14. The molecule has 1 amide bonds. The second-order valence-corrected chi connectivity index (χ2v) is 6.21. The van der Waals surface area contributed by atoms with Gasteiger partial charge in [0.15, 0.2) is 0 Å². The lowest BCUT2D eigenvalue weighted by molar-refractivity contribution is -0.193. The predicted octanol–water partition coefficient (Wildman–Crippen LogP) is -0.0516. The molecule has 0 heterocycles. The normalized spacial score (nSPS) is 12.8. The van der Waals surface area contributed by atoms with E-state index in [1.54, 1.807) is 0 Å². The van der Waals surface area contributed by atoms with Crippen LogP contribution in [0.3, 0.4) is 0 Å². The van der Waals surface area contributed by atoms with Gasteiger partial charge in [-0.1, -0.05) is 13.8 Å². The molecule has 13 heteroatoms. The van der Waals surface area contributed by atoms with Crippen LogP contribution in [0, 0.1) is 0 Å². The van der Waals surface area contributed by atoms with Gasteiger partial charge in [-0.15, -0.1) is 0 Å². The molecule has 4 N–H and O–H groups in total. The first-order chi connectivity index (χ1) is 10.9. The van der Waals surface area contributed by atoms with Gasteiger partial charge in [0.2, 0.25) is 0 Å². The van der Waals surface area contributed by atoms with E-state index in [9.17, 15) is 37.1 Å². The lowest BCUT2D eigenvalue weighted by Gasteiger charge is -2.43. The summed E-state index contributed by atoms with van der Waals surface area (Å²) in [5.41, 5.74) is -2.91. The summed E-state index contributed by atoms with van der Waals surface area (Å²) in [5.74, 6) is -3.84. The van der Waals surface area contributed by atoms with E-state index in [1.807, 2.05) is 0 Å². The Morgan fingerprint density at radius 2 is 1.58 bits per heavy atom. The van der Waals surface area contributed by atoms with Gasteiger partial charge in [0.05, 0.1) is 6.61 Å². The number of carbonyl (C=O) groups excluding carboxylic acids is 2. The van der Waals surface area contributed by atoms with Crippen molar-refractivity contribution in [2.24, 2.45) is 0 Å². The van der Waals surface area contributed by atoms with Crippen LogP contribution in [-0.4, -0.2) is 64.5 Å². The highest BCUT2D eigenvalue weighted by Gasteiger charge is 2.58. The quantitative estimate of drug-likeness (QED) is 0.249. The first-order valence-electron chi connectivity index (χ1n) is 6.97. The molecule has 0 spiro atoms. The summed E-state index contributed by atoms with van der Waals surface area (Å²) in [6.45, 7) is 2.21. The fraction of sp³-hybridized carbons (Fsp3) is 0.818. The molecule has 0 rings (SSSR count). The maximum atomic E-state index is 12.9. The molecule has 0 saturated carbocycles. The Bertz CT molecular complexity index is 490. The molecule has 24 heavy (non-hydrogen) atoms. The van der Waals surface area contributed by atoms with Crippen molar-refractivity contribution in [3.05, 3.63) is 0 Å². The van der Waals surface area contributed by atoms with Crippen LogP contribution in [0.5, 0.6) is 0 Å². The van der Waals surface area contributed by atoms with Crippen LogP contribution in [0.4, 0.5) is 13.2 Å². The SMILES string of the molecule is CCNC(NCC)(N(CC(=O)OCC)C(=O)C(F)(F)F)P(=O)(O)O. The Kier molecular flexibility index (Phi) is 8.33. The van der Waals surface area contributed by atoms with Crippen molar-refractivity contribution < 1.29 is 41.8 Å². The number of esters is 1. The molecule has 142 valence electrons. The summed E-state index contributed by atoms with van der Waals surface area (Å²) in [5, 5.41) is 4.32. The minimum absolute atomic E-state index is 0.182. The van der Waals surface area contributed by atoms with Gasteiger partial charge in [-0.05, 0) is 20.0 Å². The lowest BCUT2D eigenvalue weighted by Crippen LogP contribution is -2.71. The molecule has 0 aliphatic carbocycles. The van der Waals surface area contributed by atoms with E-state index in [2.05, 4.69) is 15.4 Å². The van der Waals surface area contributed by atoms with Gasteiger partial charge in [0, 0.05) is 0 Å². The molecule has 0 aromatic rings. The summed E-state index contributed by atoms with van der Waals surface area (Å²) in [6.07, 6.45) is -5.46. The lowest BCUT2D eigenvalue weighted by atomic mass is 10.4. The molecule has 0 aliphatic heterocycles. The van der Waals surface area contributed by atoms with Crippen molar-refractivity contribution in [2.45, 2.75) is 32.5 Å². The molecule has 0 bridgehead atoms. The highest BCUT2D eigenvalue weighted by molar-refractivity contribution is 7.53. The van der Waals surface area contributed by atoms with E-state index < -0.39 is 37.7 Å². The predicted molar refractivity (Wildman–Crippen MR) is 76.5 cm³/mol. The van der Waals surface area contributed by atoms with E-state index in [-0.39, 0.29) is 24.6 Å². The second kappa shape index (κ2) is 8.77. The standard InChI is InChI=1S/C11H21F3N3O6P/c1-4-15-11(16-5-2,24(20,21)22)17(7-8(18)23-6-3)9(19)10(12,13)14/h15-16H,4-7H2,1-3H3,(H2,20,21,22). The molecule has 0 atom stereocenters. The number of amides is 1. The fourth-order valence-electron chi connectivity index (χ4n) is 1.93.